The molecule has 1 aromatic carbocycles. The van der Waals surface area contributed by atoms with Crippen molar-refractivity contribution in [1.29, 1.82) is 0 Å². The van der Waals surface area contributed by atoms with Crippen LogP contribution in [0.25, 0.3) is 10.4 Å². The Bertz CT molecular complexity index is 1110. The van der Waals surface area contributed by atoms with E-state index >= 15 is 0 Å². The van der Waals surface area contributed by atoms with Crippen LogP contribution in [0.2, 0.25) is 0 Å². The number of ether oxygens (including phenoxy) is 1. The maximum atomic E-state index is 13.6. The van der Waals surface area contributed by atoms with Gasteiger partial charge in [-0.05, 0) is 73.5 Å². The van der Waals surface area contributed by atoms with Crippen molar-refractivity contribution in [2.75, 3.05) is 0 Å². The Hall–Kier alpha value is -1.55. The maximum absolute atomic E-state index is 13.6. The molecule has 8 nitrogen and oxygen atoms in total. The average molecular weight is 638 g/mol. The second-order valence-corrected chi connectivity index (χ2v) is 16.4. The molecule has 1 N–H and O–H groups in total. The molecule has 0 amide bonds. The molecule has 0 aliphatic carbocycles. The first-order chi connectivity index (χ1) is 20.0. The molecule has 4 atom stereocenters. The first-order valence-corrected chi connectivity index (χ1v) is 18.2. The molecule has 0 spiro atoms. The highest BCUT2D eigenvalue weighted by Gasteiger charge is 2.44. The Morgan fingerprint density at radius 3 is 1.86 bits per heavy atom. The van der Waals surface area contributed by atoms with Crippen molar-refractivity contribution in [3.05, 3.63) is 40.3 Å². The molecular formula is C33H59N3O5SSi. The Morgan fingerprint density at radius 1 is 0.930 bits per heavy atom. The van der Waals surface area contributed by atoms with Crippen molar-refractivity contribution in [3.63, 3.8) is 0 Å². The fourth-order valence-electron chi connectivity index (χ4n) is 5.01. The van der Waals surface area contributed by atoms with E-state index < -0.39 is 45.5 Å². The van der Waals surface area contributed by atoms with Gasteiger partial charge in [-0.25, -0.2) is 0 Å². The molecule has 0 bridgehead atoms. The van der Waals surface area contributed by atoms with Gasteiger partial charge in [-0.3, -0.25) is 4.18 Å². The Kier molecular flexibility index (Phi) is 17.5. The van der Waals surface area contributed by atoms with Crippen molar-refractivity contribution >= 4 is 25.1 Å². The van der Waals surface area contributed by atoms with Gasteiger partial charge in [0.15, 0.2) is 0 Å². The van der Waals surface area contributed by atoms with Gasteiger partial charge in [-0.2, -0.15) is 8.42 Å². The van der Waals surface area contributed by atoms with Crippen LogP contribution in [0.3, 0.4) is 0 Å². The molecule has 0 fully saturated rings. The van der Waals surface area contributed by atoms with Gasteiger partial charge in [-0.1, -0.05) is 120 Å². The van der Waals surface area contributed by atoms with E-state index in [-0.39, 0.29) is 4.90 Å². The molecule has 0 aliphatic rings. The lowest BCUT2D eigenvalue weighted by Gasteiger charge is -2.41. The number of aliphatic hydroxyl groups excluding tert-OH is 1. The van der Waals surface area contributed by atoms with Gasteiger partial charge in [0, 0.05) is 4.91 Å². The predicted octanol–water partition coefficient (Wildman–Crippen LogP) is 7.85. The van der Waals surface area contributed by atoms with E-state index in [0.29, 0.717) is 6.42 Å². The third-order valence-corrected chi connectivity index (χ3v) is 9.63. The molecule has 43 heavy (non-hydrogen) atoms. The van der Waals surface area contributed by atoms with Crippen LogP contribution in [0.1, 0.15) is 131 Å². The molecule has 1 rings (SSSR count). The van der Waals surface area contributed by atoms with Crippen LogP contribution in [0.15, 0.2) is 34.3 Å². The van der Waals surface area contributed by atoms with Gasteiger partial charge in [0.2, 0.25) is 0 Å². The van der Waals surface area contributed by atoms with E-state index in [2.05, 4.69) is 16.9 Å². The summed E-state index contributed by atoms with van der Waals surface area (Å²) in [6.45, 7) is 15.2. The van der Waals surface area contributed by atoms with Gasteiger partial charge < -0.3 is 9.84 Å². The van der Waals surface area contributed by atoms with Crippen LogP contribution in [0.5, 0.6) is 0 Å². The monoisotopic (exact) mass is 637 g/mol. The number of rotatable bonds is 21. The number of nitrogens with zero attached hydrogens (tertiary/aromatic N) is 3. The predicted molar refractivity (Wildman–Crippen MR) is 181 cm³/mol. The summed E-state index contributed by atoms with van der Waals surface area (Å²) in [6, 6.07) is 5.42. The van der Waals surface area contributed by atoms with Crippen LogP contribution in [0.4, 0.5) is 0 Å². The second-order valence-electron chi connectivity index (χ2n) is 13.9. The maximum Gasteiger partial charge on any atom is 0.297 e. The van der Waals surface area contributed by atoms with Crippen LogP contribution in [-0.4, -0.2) is 58.5 Å². The summed E-state index contributed by atoms with van der Waals surface area (Å²) in [5, 5.41) is 16.1. The molecular weight excluding hydrogens is 579 g/mol. The number of unbranched alkanes of at least 4 members (excludes halogenated alkanes) is 10. The number of hydrogen-bond donors (Lipinski definition) is 1. The lowest BCUT2D eigenvalue weighted by molar-refractivity contribution is -0.122. The molecule has 0 saturated carbocycles. The lowest BCUT2D eigenvalue weighted by atomic mass is 9.81. The minimum Gasteiger partial charge on any atom is -0.392 e. The largest absolute Gasteiger partial charge is 0.392 e. The van der Waals surface area contributed by atoms with E-state index in [0.717, 1.165) is 30.0 Å². The number of azide groups is 1. The van der Waals surface area contributed by atoms with Crippen molar-refractivity contribution in [2.24, 2.45) is 10.5 Å². The van der Waals surface area contributed by atoms with E-state index in [1.165, 1.54) is 63.5 Å². The smallest absolute Gasteiger partial charge is 0.297 e. The summed E-state index contributed by atoms with van der Waals surface area (Å²) in [7, 11) is -2.59. The van der Waals surface area contributed by atoms with Gasteiger partial charge in [0.1, 0.15) is 12.2 Å². The molecule has 0 saturated heterocycles. The summed E-state index contributed by atoms with van der Waals surface area (Å²) >= 11 is 0. The van der Waals surface area contributed by atoms with E-state index in [9.17, 15) is 19.1 Å². The fraction of sp³-hybridized carbons (Fsp3) is 0.788. The molecule has 1 aromatic rings. The molecule has 0 radical (unpaired) electrons. The quantitative estimate of drug-likeness (QED) is 0.0367. The van der Waals surface area contributed by atoms with Gasteiger partial charge >= 0.3 is 0 Å². The number of benzene rings is 1. The van der Waals surface area contributed by atoms with Gasteiger partial charge in [-0.15, -0.1) is 0 Å². The average Bonchev–Trinajstić information content (AvgIpc) is 2.91. The van der Waals surface area contributed by atoms with Crippen LogP contribution in [0, 0.1) is 12.3 Å². The van der Waals surface area contributed by atoms with Crippen molar-refractivity contribution in [1.82, 2.24) is 0 Å². The van der Waals surface area contributed by atoms with E-state index in [1.807, 2.05) is 48.5 Å². The molecule has 0 aliphatic heterocycles. The summed E-state index contributed by atoms with van der Waals surface area (Å²) in [4.78, 5) is 3.07. The Balaban J connectivity index is 3.20. The first-order valence-electron chi connectivity index (χ1n) is 16.1. The van der Waals surface area contributed by atoms with Crippen LogP contribution < -0.4 is 0 Å². The van der Waals surface area contributed by atoms with Crippen molar-refractivity contribution in [3.8, 4) is 0 Å². The third-order valence-electron chi connectivity index (χ3n) is 7.56. The number of aliphatic hydroxyl groups is 1. The Labute approximate surface area is 265 Å². The first kappa shape index (κ1) is 39.5. The zero-order valence-corrected chi connectivity index (χ0v) is 30.4. The van der Waals surface area contributed by atoms with Crippen molar-refractivity contribution in [2.45, 2.75) is 167 Å². The van der Waals surface area contributed by atoms with E-state index in [4.69, 9.17) is 8.92 Å². The normalized spacial score (nSPS) is 15.4. The minimum absolute atomic E-state index is 0.0418. The Morgan fingerprint density at radius 2 is 1.42 bits per heavy atom. The standard InChI is InChI=1S/C33H59N3O5SSi/c1-9-10-11-12-13-14-15-16-17-18-19-20-27(43)29(41-42(38,39)26-23-21-25(2)22-24-26)30(40-33(6,7)8)28(35-36-34)31(37)32(3,4)5/h21-24,28-31,37H,9-20,43H2,1-8H3/t28-,29+,30+,31?/m1/s1. The molecule has 1 unspecified atom stereocenters. The molecule has 246 valence electrons. The lowest BCUT2D eigenvalue weighted by Crippen LogP contribution is -2.55. The van der Waals surface area contributed by atoms with Crippen LogP contribution in [-0.2, 0) is 19.0 Å². The fourth-order valence-corrected chi connectivity index (χ4v) is 6.80. The highest BCUT2D eigenvalue weighted by molar-refractivity contribution is 7.86. The summed E-state index contributed by atoms with van der Waals surface area (Å²) in [6.07, 6.45) is 10.8. The zero-order chi connectivity index (χ0) is 32.7. The third kappa shape index (κ3) is 15.3. The van der Waals surface area contributed by atoms with Crippen molar-refractivity contribution < 1.29 is 22.4 Å². The summed E-state index contributed by atoms with van der Waals surface area (Å²) in [5.41, 5.74) is 9.03. The molecule has 0 aromatic heterocycles. The molecule has 0 heterocycles. The zero-order valence-electron chi connectivity index (χ0n) is 28.1. The summed E-state index contributed by atoms with van der Waals surface area (Å²) < 4.78 is 39.6. The number of hydrogen-bond acceptors (Lipinski definition) is 6. The highest BCUT2D eigenvalue weighted by atomic mass is 32.2. The van der Waals surface area contributed by atoms with Crippen LogP contribution >= 0.6 is 0 Å². The molecule has 10 heteroatoms. The topological polar surface area (TPSA) is 122 Å². The highest BCUT2D eigenvalue weighted by Crippen LogP contribution is 2.32. The number of aryl methyl sites for hydroxylation is 1. The summed E-state index contributed by atoms with van der Waals surface area (Å²) in [5.74, 6) is 0. The van der Waals surface area contributed by atoms with E-state index in [1.54, 1.807) is 22.0 Å². The minimum atomic E-state index is -4.20. The SMILES string of the molecule is CCCCCCCCCCCCCC(=[SiH2])[C@H](OS(=O)(=O)c1ccc(C)cc1)[C@@H](OC(C)(C)C)[C@@H](N=[N+]=[N-])C(O)C(C)(C)C. The second kappa shape index (κ2) is 19.1. The van der Waals surface area contributed by atoms with Gasteiger partial charge in [0.25, 0.3) is 10.1 Å². The van der Waals surface area contributed by atoms with Gasteiger partial charge in [0.05, 0.1) is 22.6 Å².